The number of allylic oxidation sites excluding steroid dienone is 1. The van der Waals surface area contributed by atoms with E-state index in [1.807, 2.05) is 13.0 Å². The number of benzene rings is 2. The van der Waals surface area contributed by atoms with Gasteiger partial charge in [0.05, 0.1) is 24.7 Å². The first kappa shape index (κ1) is 25.6. The zero-order chi connectivity index (χ0) is 24.2. The third-order valence-corrected chi connectivity index (χ3v) is 4.80. The maximum Gasteiger partial charge on any atom is 0.254 e. The molecule has 2 aromatic carbocycles. The zero-order valence-corrected chi connectivity index (χ0v) is 19.0. The summed E-state index contributed by atoms with van der Waals surface area (Å²) in [7, 11) is 1.50. The lowest BCUT2D eigenvalue weighted by Gasteiger charge is -2.17. The number of hydrogen-bond acceptors (Lipinski definition) is 7. The molecule has 0 heterocycles. The van der Waals surface area contributed by atoms with Gasteiger partial charge in [-0.25, -0.2) is 0 Å². The van der Waals surface area contributed by atoms with Crippen molar-refractivity contribution in [1.29, 1.82) is 0 Å². The predicted octanol–water partition coefficient (Wildman–Crippen LogP) is 2.41. The minimum atomic E-state index is -1.29. The first-order valence-electron chi connectivity index (χ1n) is 10.8. The lowest BCUT2D eigenvalue weighted by atomic mass is 10.0. The van der Waals surface area contributed by atoms with E-state index in [2.05, 4.69) is 11.9 Å². The van der Waals surface area contributed by atoms with Gasteiger partial charge in [-0.15, -0.1) is 6.58 Å². The average molecular weight is 457 g/mol. The van der Waals surface area contributed by atoms with E-state index in [1.165, 1.54) is 13.1 Å². The normalized spacial score (nSPS) is 10.4. The van der Waals surface area contributed by atoms with Gasteiger partial charge in [-0.05, 0) is 37.1 Å². The van der Waals surface area contributed by atoms with Gasteiger partial charge in [0.1, 0.15) is 29.6 Å². The summed E-state index contributed by atoms with van der Waals surface area (Å²) in [5.74, 6) is -0.217. The molecule has 0 saturated carbocycles. The molecule has 0 bridgehead atoms. The van der Waals surface area contributed by atoms with Gasteiger partial charge in [-0.3, -0.25) is 4.79 Å². The standard InChI is InChI=1S/C25H31NO7/c1-4-8-17-20(10-6-11-21(17)33-16-23(27)28)31-14-7-15-32-22-13-12-19(25(30)26-3)24(29)18(22)9-5-2/h5-6,10-13,29H,2,4,7-9,14-16H2,1,3H3,(H,26,30)(H,27,28)/p-1. The molecule has 0 aliphatic heterocycles. The summed E-state index contributed by atoms with van der Waals surface area (Å²) in [6, 6.07) is 8.44. The second kappa shape index (κ2) is 13.0. The largest absolute Gasteiger partial charge is 0.546 e. The van der Waals surface area contributed by atoms with Crippen LogP contribution in [0.3, 0.4) is 0 Å². The van der Waals surface area contributed by atoms with Gasteiger partial charge in [0.2, 0.25) is 0 Å². The fraction of sp³-hybridized carbons (Fsp3) is 0.360. The van der Waals surface area contributed by atoms with Crippen LogP contribution in [0.2, 0.25) is 0 Å². The van der Waals surface area contributed by atoms with E-state index >= 15 is 0 Å². The maximum atomic E-state index is 11.9. The topological polar surface area (TPSA) is 117 Å². The molecule has 0 aliphatic rings. The van der Waals surface area contributed by atoms with Crippen LogP contribution in [-0.4, -0.2) is 43.9 Å². The summed E-state index contributed by atoms with van der Waals surface area (Å²) >= 11 is 0. The van der Waals surface area contributed by atoms with Crippen molar-refractivity contribution in [2.45, 2.75) is 32.6 Å². The first-order chi connectivity index (χ1) is 15.9. The van der Waals surface area contributed by atoms with Crippen LogP contribution in [0.1, 0.15) is 41.3 Å². The van der Waals surface area contributed by atoms with Crippen molar-refractivity contribution < 1.29 is 34.0 Å². The Morgan fingerprint density at radius 3 is 2.27 bits per heavy atom. The highest BCUT2D eigenvalue weighted by molar-refractivity contribution is 5.97. The maximum absolute atomic E-state index is 11.9. The molecule has 2 N–H and O–H groups in total. The van der Waals surface area contributed by atoms with Crippen molar-refractivity contribution in [2.24, 2.45) is 0 Å². The Hall–Kier alpha value is -3.68. The Morgan fingerprint density at radius 1 is 1.06 bits per heavy atom. The van der Waals surface area contributed by atoms with Gasteiger partial charge in [0, 0.05) is 24.6 Å². The number of amides is 1. The number of phenols is 1. The van der Waals surface area contributed by atoms with Crippen molar-refractivity contribution in [3.05, 3.63) is 59.7 Å². The van der Waals surface area contributed by atoms with Crippen molar-refractivity contribution in [3.8, 4) is 23.0 Å². The summed E-state index contributed by atoms with van der Waals surface area (Å²) in [4.78, 5) is 22.6. The van der Waals surface area contributed by atoms with Crippen molar-refractivity contribution in [1.82, 2.24) is 5.32 Å². The molecule has 0 aliphatic carbocycles. The van der Waals surface area contributed by atoms with Gasteiger partial charge in [0.25, 0.3) is 5.91 Å². The van der Waals surface area contributed by atoms with E-state index in [0.29, 0.717) is 55.3 Å². The molecule has 0 spiro atoms. The smallest absolute Gasteiger partial charge is 0.254 e. The molecule has 0 radical (unpaired) electrons. The molecule has 0 unspecified atom stereocenters. The Kier molecular flexibility index (Phi) is 10.1. The Bertz CT molecular complexity index is 971. The van der Waals surface area contributed by atoms with Crippen molar-refractivity contribution >= 4 is 11.9 Å². The number of carboxylic acid groups (broad SMARTS) is 1. The molecule has 0 saturated heterocycles. The fourth-order valence-corrected chi connectivity index (χ4v) is 3.28. The highest BCUT2D eigenvalue weighted by atomic mass is 16.5. The number of aromatic hydroxyl groups is 1. The Labute approximate surface area is 193 Å². The predicted molar refractivity (Wildman–Crippen MR) is 122 cm³/mol. The van der Waals surface area contributed by atoms with Crippen LogP contribution in [0, 0.1) is 0 Å². The van der Waals surface area contributed by atoms with Gasteiger partial charge in [0.15, 0.2) is 0 Å². The first-order valence-corrected chi connectivity index (χ1v) is 10.8. The monoisotopic (exact) mass is 456 g/mol. The minimum Gasteiger partial charge on any atom is -0.546 e. The van der Waals surface area contributed by atoms with Crippen LogP contribution in [0.5, 0.6) is 23.0 Å². The van der Waals surface area contributed by atoms with E-state index < -0.39 is 12.6 Å². The fourth-order valence-electron chi connectivity index (χ4n) is 3.28. The van der Waals surface area contributed by atoms with E-state index in [4.69, 9.17) is 14.2 Å². The SMILES string of the molecule is C=CCc1c(OCCCOc2cccc(OCC(=O)[O-])c2CCC)ccc(C(=O)NC)c1O. The molecule has 0 fully saturated rings. The Morgan fingerprint density at radius 2 is 1.70 bits per heavy atom. The second-order valence-electron chi connectivity index (χ2n) is 7.20. The summed E-state index contributed by atoms with van der Waals surface area (Å²) in [5.41, 5.74) is 1.48. The molecule has 2 aromatic rings. The minimum absolute atomic E-state index is 0.124. The highest BCUT2D eigenvalue weighted by Gasteiger charge is 2.17. The number of carbonyl (C=O) groups excluding carboxylic acids is 2. The third-order valence-electron chi connectivity index (χ3n) is 4.80. The molecular formula is C25H30NO7-. The molecule has 8 nitrogen and oxygen atoms in total. The second-order valence-corrected chi connectivity index (χ2v) is 7.20. The number of carboxylic acids is 1. The number of nitrogens with one attached hydrogen (secondary N) is 1. The average Bonchev–Trinajstić information content (AvgIpc) is 2.80. The lowest BCUT2D eigenvalue weighted by Crippen LogP contribution is -2.29. The van der Waals surface area contributed by atoms with Crippen LogP contribution in [0.4, 0.5) is 0 Å². The van der Waals surface area contributed by atoms with E-state index in [0.717, 1.165) is 12.0 Å². The highest BCUT2D eigenvalue weighted by Crippen LogP contribution is 2.33. The molecule has 178 valence electrons. The van der Waals surface area contributed by atoms with Crippen molar-refractivity contribution in [2.75, 3.05) is 26.9 Å². The van der Waals surface area contributed by atoms with Gasteiger partial charge < -0.3 is 34.5 Å². The lowest BCUT2D eigenvalue weighted by molar-refractivity contribution is -0.307. The third kappa shape index (κ3) is 7.17. The quantitative estimate of drug-likeness (QED) is 0.331. The molecule has 33 heavy (non-hydrogen) atoms. The molecule has 0 aromatic heterocycles. The number of phenolic OH excluding ortho intramolecular Hbond substituents is 1. The van der Waals surface area contributed by atoms with E-state index in [1.54, 1.807) is 24.3 Å². The molecule has 1 amide bonds. The molecule has 2 rings (SSSR count). The van der Waals surface area contributed by atoms with E-state index in [-0.39, 0.29) is 17.2 Å². The van der Waals surface area contributed by atoms with Crippen molar-refractivity contribution in [3.63, 3.8) is 0 Å². The van der Waals surface area contributed by atoms with Crippen LogP contribution in [0.15, 0.2) is 43.0 Å². The van der Waals surface area contributed by atoms with Crippen LogP contribution < -0.4 is 24.6 Å². The summed E-state index contributed by atoms with van der Waals surface area (Å²) in [6.45, 7) is 5.87. The van der Waals surface area contributed by atoms with Gasteiger partial charge >= 0.3 is 0 Å². The number of hydrogen-bond donors (Lipinski definition) is 2. The molecule has 8 heteroatoms. The van der Waals surface area contributed by atoms with Crippen LogP contribution >= 0.6 is 0 Å². The Balaban J connectivity index is 2.00. The summed E-state index contributed by atoms with van der Waals surface area (Å²) in [5, 5.41) is 23.7. The van der Waals surface area contributed by atoms with Gasteiger partial charge in [-0.1, -0.05) is 25.5 Å². The molecule has 0 atom stereocenters. The number of carbonyl (C=O) groups is 2. The summed E-state index contributed by atoms with van der Waals surface area (Å²) < 4.78 is 17.1. The van der Waals surface area contributed by atoms with E-state index in [9.17, 15) is 19.8 Å². The number of aliphatic carboxylic acids is 1. The zero-order valence-electron chi connectivity index (χ0n) is 19.0. The molecular weight excluding hydrogens is 426 g/mol. The number of ether oxygens (including phenoxy) is 3. The van der Waals surface area contributed by atoms with Gasteiger partial charge in [-0.2, -0.15) is 0 Å². The van der Waals surface area contributed by atoms with Crippen LogP contribution in [-0.2, 0) is 17.6 Å². The summed E-state index contributed by atoms with van der Waals surface area (Å²) in [6.07, 6.45) is 4.05. The number of rotatable bonds is 14. The van der Waals surface area contributed by atoms with Crippen LogP contribution in [0.25, 0.3) is 0 Å².